The molecule has 1 N–H and O–H groups in total. The number of nitrogens with zero attached hydrogens (tertiary/aromatic N) is 4. The summed E-state index contributed by atoms with van der Waals surface area (Å²) in [6, 6.07) is 5.45. The molecule has 0 bridgehead atoms. The van der Waals surface area contributed by atoms with Gasteiger partial charge in [-0.3, -0.25) is 14.9 Å². The molecule has 0 spiro atoms. The Morgan fingerprint density at radius 2 is 2.08 bits per heavy atom. The van der Waals surface area contributed by atoms with Gasteiger partial charge in [-0.25, -0.2) is 9.36 Å². The second-order valence-corrected chi connectivity index (χ2v) is 11.9. The fraction of sp³-hybridized carbons (Fsp3) is 0.400. The molecule has 13 heteroatoms. The number of fused-ring (bicyclic) bond motifs is 2. The number of benzene rings is 1. The fourth-order valence-corrected chi connectivity index (χ4v) is 7.91. The van der Waals surface area contributed by atoms with E-state index in [1.165, 1.54) is 29.2 Å². The largest absolute Gasteiger partial charge is 0.456 e. The van der Waals surface area contributed by atoms with Crippen LogP contribution in [0, 0.1) is 22.0 Å². The molecular weight excluding hydrogens is 596 g/mol. The summed E-state index contributed by atoms with van der Waals surface area (Å²) in [4.78, 5) is 40.4. The first-order valence-corrected chi connectivity index (χ1v) is 15.1. The van der Waals surface area contributed by atoms with Crippen molar-refractivity contribution in [2.75, 3.05) is 11.6 Å². The zero-order chi connectivity index (χ0) is 27.3. The lowest BCUT2D eigenvalue weighted by atomic mass is 9.77. The third-order valence-corrected chi connectivity index (χ3v) is 9.51. The van der Waals surface area contributed by atoms with E-state index in [2.05, 4.69) is 20.5 Å². The van der Waals surface area contributed by atoms with Crippen molar-refractivity contribution in [2.45, 2.75) is 44.2 Å². The van der Waals surface area contributed by atoms with E-state index >= 15 is 0 Å². The minimum absolute atomic E-state index is 0.0518. The van der Waals surface area contributed by atoms with Crippen LogP contribution in [0.5, 0.6) is 0 Å². The second kappa shape index (κ2) is 10.4. The summed E-state index contributed by atoms with van der Waals surface area (Å²) in [6.07, 6.45) is 5.19. The summed E-state index contributed by atoms with van der Waals surface area (Å²) in [5.74, 6) is -1.71. The van der Waals surface area contributed by atoms with Crippen molar-refractivity contribution < 1.29 is 28.9 Å². The van der Waals surface area contributed by atoms with E-state index in [0.29, 0.717) is 5.56 Å². The number of nitro benzene ring substituents is 1. The maximum Gasteiger partial charge on any atom is 0.355 e. The zero-order valence-electron chi connectivity index (χ0n) is 20.9. The minimum atomic E-state index is -0.840. The lowest BCUT2D eigenvalue weighted by Gasteiger charge is -2.46. The number of amides is 1. The Kier molecular flexibility index (Phi) is 7.37. The highest BCUT2D eigenvalue weighted by atomic mass is 79.9. The number of hydrogen-bond donors (Lipinski definition) is 1. The van der Waals surface area contributed by atoms with E-state index in [9.17, 15) is 24.8 Å². The van der Waals surface area contributed by atoms with Crippen LogP contribution in [0.25, 0.3) is 10.4 Å². The number of imidazole rings is 1. The molecule has 1 fully saturated rings. The van der Waals surface area contributed by atoms with Crippen LogP contribution in [0.2, 0.25) is 0 Å². The highest BCUT2D eigenvalue weighted by Gasteiger charge is 2.60. The molecule has 0 radical (unpaired) electrons. The predicted molar refractivity (Wildman–Crippen MR) is 146 cm³/mol. The molecule has 2 aromatic heterocycles. The number of thioether (sulfide) groups is 1. The highest BCUT2D eigenvalue weighted by molar-refractivity contribution is 9.09. The second-order valence-electron chi connectivity index (χ2n) is 9.33. The Hall–Kier alpha value is -2.74. The number of aliphatic hydroxyl groups is 1. The molecule has 0 unspecified atom stereocenters. The molecule has 2 aliphatic rings. The number of hydrogen-bond acceptors (Lipinski definition) is 8. The average Bonchev–Trinajstić information content (AvgIpc) is 3.49. The Balaban J connectivity index is 1.51. The van der Waals surface area contributed by atoms with Gasteiger partial charge < -0.3 is 14.7 Å². The average molecular weight is 623 g/mol. The van der Waals surface area contributed by atoms with E-state index in [1.54, 1.807) is 30.0 Å². The van der Waals surface area contributed by atoms with E-state index in [-0.39, 0.29) is 35.9 Å². The van der Waals surface area contributed by atoms with Crippen molar-refractivity contribution in [1.29, 1.82) is 0 Å². The Bertz CT molecular complexity index is 1460. The fourth-order valence-electron chi connectivity index (χ4n) is 5.33. The molecule has 38 heavy (non-hydrogen) atoms. The van der Waals surface area contributed by atoms with E-state index in [1.807, 2.05) is 30.1 Å². The number of aromatic nitrogens is 2. The van der Waals surface area contributed by atoms with Gasteiger partial charge >= 0.3 is 5.97 Å². The number of carbonyl (C=O) groups is 2. The standard InChI is InChI=1S/C25H26BrN4O6S2/c1-13-18(17-10-28-12-27(9-8-26)23(37-3)24(28)38-17)21(29-20(13)19(14(2)31)22(29)32)25(33)36-11-15-4-6-16(7-5-15)30(34)35/h4-7,10,12-14,19-20,31H,8-9,11H2,1-3H3/q+1/t13-,14+,19+,20+/m0/s1. The molecule has 1 aromatic carbocycles. The number of halogens is 1. The maximum atomic E-state index is 13.5. The van der Waals surface area contributed by atoms with Crippen molar-refractivity contribution >= 4 is 67.0 Å². The van der Waals surface area contributed by atoms with Gasteiger partial charge in [0, 0.05) is 29.0 Å². The number of β-lactam (4-membered cyclic amide) rings is 1. The van der Waals surface area contributed by atoms with E-state index < -0.39 is 22.9 Å². The number of aliphatic hydroxyl groups excluding tert-OH is 1. The van der Waals surface area contributed by atoms with Crippen LogP contribution in [0.1, 0.15) is 24.3 Å². The maximum absolute atomic E-state index is 13.5. The molecular formula is C25H26BrN4O6S2+. The number of rotatable bonds is 9. The van der Waals surface area contributed by atoms with Gasteiger partial charge in [0.1, 0.15) is 25.0 Å². The number of nitro groups is 1. The molecule has 3 aromatic rings. The molecule has 4 heterocycles. The molecule has 200 valence electrons. The molecule has 1 saturated heterocycles. The van der Waals surface area contributed by atoms with Crippen molar-refractivity contribution in [3.63, 3.8) is 0 Å². The molecule has 0 aliphatic carbocycles. The number of alkyl halides is 1. The van der Waals surface area contributed by atoms with E-state index in [4.69, 9.17) is 4.74 Å². The molecule has 0 saturated carbocycles. The van der Waals surface area contributed by atoms with Crippen LogP contribution in [0.3, 0.4) is 0 Å². The van der Waals surface area contributed by atoms with Crippen LogP contribution in [0.4, 0.5) is 5.69 Å². The summed E-state index contributed by atoms with van der Waals surface area (Å²) in [7, 11) is 0. The van der Waals surface area contributed by atoms with Crippen LogP contribution in [0.15, 0.2) is 47.5 Å². The summed E-state index contributed by atoms with van der Waals surface area (Å²) in [5, 5.41) is 23.1. The van der Waals surface area contributed by atoms with Gasteiger partial charge in [-0.15, -0.1) is 0 Å². The Morgan fingerprint density at radius 3 is 2.68 bits per heavy atom. The molecule has 2 aliphatic heterocycles. The minimum Gasteiger partial charge on any atom is -0.456 e. The zero-order valence-corrected chi connectivity index (χ0v) is 24.1. The van der Waals surface area contributed by atoms with Crippen LogP contribution in [-0.4, -0.2) is 54.9 Å². The molecule has 5 rings (SSSR count). The SMILES string of the molecule is CSc1c2sc(C3=C(C(=O)OCc4ccc([N+](=O)[O-])cc4)N4C(=O)[C@H]([C@@H](C)O)[C@H]4[C@H]3C)cn2c[n+]1CCBr. The van der Waals surface area contributed by atoms with Crippen LogP contribution in [-0.2, 0) is 27.5 Å². The first kappa shape index (κ1) is 26.9. The first-order chi connectivity index (χ1) is 18.2. The lowest BCUT2D eigenvalue weighted by molar-refractivity contribution is -0.725. The predicted octanol–water partition coefficient (Wildman–Crippen LogP) is 3.63. The summed E-state index contributed by atoms with van der Waals surface area (Å²) >= 11 is 6.70. The van der Waals surface area contributed by atoms with Crippen molar-refractivity contribution in [3.05, 3.63) is 63.0 Å². The third-order valence-electron chi connectivity index (χ3n) is 7.07. The summed E-state index contributed by atoms with van der Waals surface area (Å²) in [6.45, 7) is 4.30. The van der Waals surface area contributed by atoms with Gasteiger partial charge in [0.15, 0.2) is 0 Å². The number of aryl methyl sites for hydroxylation is 1. The first-order valence-electron chi connectivity index (χ1n) is 12.0. The lowest BCUT2D eigenvalue weighted by Crippen LogP contribution is -2.63. The van der Waals surface area contributed by atoms with Crippen molar-refractivity contribution in [3.8, 4) is 0 Å². The third kappa shape index (κ3) is 4.34. The smallest absolute Gasteiger partial charge is 0.355 e. The van der Waals surface area contributed by atoms with Gasteiger partial charge in [0.2, 0.25) is 15.8 Å². The van der Waals surface area contributed by atoms with Gasteiger partial charge in [-0.1, -0.05) is 46.0 Å². The quantitative estimate of drug-likeness (QED) is 0.0737. The molecule has 4 atom stereocenters. The summed E-state index contributed by atoms with van der Waals surface area (Å²) < 4.78 is 9.83. The van der Waals surface area contributed by atoms with Gasteiger partial charge in [-0.2, -0.15) is 4.40 Å². The van der Waals surface area contributed by atoms with Gasteiger partial charge in [0.05, 0.1) is 27.9 Å². The highest BCUT2D eigenvalue weighted by Crippen LogP contribution is 2.52. The number of esters is 1. The Morgan fingerprint density at radius 1 is 1.37 bits per heavy atom. The topological polar surface area (TPSA) is 118 Å². The Labute approximate surface area is 235 Å². The van der Waals surface area contributed by atoms with Crippen LogP contribution < -0.4 is 4.57 Å². The number of ether oxygens (including phenoxy) is 1. The number of thiazole rings is 1. The van der Waals surface area contributed by atoms with Crippen molar-refractivity contribution in [2.24, 2.45) is 11.8 Å². The van der Waals surface area contributed by atoms with Crippen molar-refractivity contribution in [1.82, 2.24) is 9.30 Å². The van der Waals surface area contributed by atoms with E-state index in [0.717, 1.165) is 32.2 Å². The number of carbonyl (C=O) groups excluding carboxylic acids is 2. The molecule has 1 amide bonds. The summed E-state index contributed by atoms with van der Waals surface area (Å²) in [5.41, 5.74) is 1.48. The number of non-ortho nitro benzene ring substituents is 1. The van der Waals surface area contributed by atoms with Gasteiger partial charge in [-0.05, 0) is 30.9 Å². The van der Waals surface area contributed by atoms with Gasteiger partial charge in [0.25, 0.3) is 12.0 Å². The normalized spacial score (nSPS) is 21.6. The molecule has 10 nitrogen and oxygen atoms in total. The monoisotopic (exact) mass is 621 g/mol. The van der Waals surface area contributed by atoms with Crippen LogP contribution >= 0.6 is 39.0 Å².